The standard InChI is InChI=1S/C18H21ClN2O2/c1-2-23-17-8-6-16(7-9-17)21-18(22)13-20-11-10-14-4-3-5-15(19)12-14/h3-9,12,20H,2,10-11,13H2,1H3,(H,21,22). The van der Waals surface area contributed by atoms with Crippen LogP contribution in [0.5, 0.6) is 5.75 Å². The molecule has 2 rings (SSSR count). The molecule has 0 aliphatic carbocycles. The van der Waals surface area contributed by atoms with Crippen LogP contribution in [-0.4, -0.2) is 25.6 Å². The van der Waals surface area contributed by atoms with Crippen molar-refractivity contribution in [2.24, 2.45) is 0 Å². The quantitative estimate of drug-likeness (QED) is 0.727. The summed E-state index contributed by atoms with van der Waals surface area (Å²) < 4.78 is 5.36. The maximum Gasteiger partial charge on any atom is 0.238 e. The molecule has 23 heavy (non-hydrogen) atoms. The zero-order chi connectivity index (χ0) is 16.5. The van der Waals surface area contributed by atoms with E-state index in [9.17, 15) is 4.79 Å². The predicted molar refractivity (Wildman–Crippen MR) is 94.3 cm³/mol. The Morgan fingerprint density at radius 3 is 2.65 bits per heavy atom. The summed E-state index contributed by atoms with van der Waals surface area (Å²) in [5, 5.41) is 6.70. The molecule has 2 aromatic rings. The van der Waals surface area contributed by atoms with Crippen LogP contribution in [0.1, 0.15) is 12.5 Å². The van der Waals surface area contributed by atoms with E-state index < -0.39 is 0 Å². The van der Waals surface area contributed by atoms with Gasteiger partial charge in [0.25, 0.3) is 0 Å². The molecule has 2 aromatic carbocycles. The molecule has 1 amide bonds. The summed E-state index contributed by atoms with van der Waals surface area (Å²) in [6.45, 7) is 3.55. The molecule has 0 radical (unpaired) electrons. The first-order valence-electron chi connectivity index (χ1n) is 7.65. The van der Waals surface area contributed by atoms with E-state index in [1.54, 1.807) is 0 Å². The van der Waals surface area contributed by atoms with Crippen LogP contribution in [0.25, 0.3) is 0 Å². The lowest BCUT2D eigenvalue weighted by Gasteiger charge is -2.08. The van der Waals surface area contributed by atoms with Crippen LogP contribution in [0.4, 0.5) is 5.69 Å². The van der Waals surface area contributed by atoms with Gasteiger partial charge in [-0.3, -0.25) is 4.79 Å². The van der Waals surface area contributed by atoms with Gasteiger partial charge in [-0.1, -0.05) is 23.7 Å². The van der Waals surface area contributed by atoms with Crippen molar-refractivity contribution in [2.75, 3.05) is 25.0 Å². The average molecular weight is 333 g/mol. The van der Waals surface area contributed by atoms with Crippen LogP contribution in [0, 0.1) is 0 Å². The second-order valence-corrected chi connectivity index (χ2v) is 5.50. The van der Waals surface area contributed by atoms with Gasteiger partial charge in [-0.05, 0) is 61.9 Å². The lowest BCUT2D eigenvalue weighted by Crippen LogP contribution is -2.29. The lowest BCUT2D eigenvalue weighted by atomic mass is 10.1. The third-order valence-electron chi connectivity index (χ3n) is 3.21. The van der Waals surface area contributed by atoms with Gasteiger partial charge in [0.1, 0.15) is 5.75 Å². The summed E-state index contributed by atoms with van der Waals surface area (Å²) in [6.07, 6.45) is 0.830. The van der Waals surface area contributed by atoms with Crippen molar-refractivity contribution in [2.45, 2.75) is 13.3 Å². The number of amides is 1. The molecular formula is C18H21ClN2O2. The Morgan fingerprint density at radius 2 is 1.96 bits per heavy atom. The lowest BCUT2D eigenvalue weighted by molar-refractivity contribution is -0.115. The topological polar surface area (TPSA) is 50.4 Å². The van der Waals surface area contributed by atoms with Gasteiger partial charge in [0, 0.05) is 10.7 Å². The number of hydrogen-bond acceptors (Lipinski definition) is 3. The van der Waals surface area contributed by atoms with E-state index in [0.29, 0.717) is 6.61 Å². The number of halogens is 1. The van der Waals surface area contributed by atoms with Crippen molar-refractivity contribution < 1.29 is 9.53 Å². The summed E-state index contributed by atoms with van der Waals surface area (Å²) in [4.78, 5) is 11.9. The van der Waals surface area contributed by atoms with E-state index in [4.69, 9.17) is 16.3 Å². The number of rotatable bonds is 8. The predicted octanol–water partition coefficient (Wildman–Crippen LogP) is 3.51. The minimum Gasteiger partial charge on any atom is -0.494 e. The average Bonchev–Trinajstić information content (AvgIpc) is 2.54. The highest BCUT2D eigenvalue weighted by atomic mass is 35.5. The molecule has 0 aliphatic rings. The monoisotopic (exact) mass is 332 g/mol. The second-order valence-electron chi connectivity index (χ2n) is 5.06. The van der Waals surface area contributed by atoms with Crippen molar-refractivity contribution >= 4 is 23.2 Å². The molecule has 0 bridgehead atoms. The Balaban J connectivity index is 1.68. The third kappa shape index (κ3) is 6.30. The van der Waals surface area contributed by atoms with Gasteiger partial charge in [-0.25, -0.2) is 0 Å². The number of ether oxygens (including phenoxy) is 1. The fraction of sp³-hybridized carbons (Fsp3) is 0.278. The molecule has 5 heteroatoms. The molecule has 0 atom stereocenters. The molecule has 0 heterocycles. The van der Waals surface area contributed by atoms with E-state index in [1.807, 2.05) is 55.5 Å². The van der Waals surface area contributed by atoms with Crippen LogP contribution in [0.2, 0.25) is 5.02 Å². The van der Waals surface area contributed by atoms with Gasteiger partial charge < -0.3 is 15.4 Å². The molecule has 2 N–H and O–H groups in total. The van der Waals surface area contributed by atoms with Crippen molar-refractivity contribution in [3.63, 3.8) is 0 Å². The van der Waals surface area contributed by atoms with E-state index in [1.165, 1.54) is 0 Å². The van der Waals surface area contributed by atoms with Gasteiger partial charge in [-0.2, -0.15) is 0 Å². The SMILES string of the molecule is CCOc1ccc(NC(=O)CNCCc2cccc(Cl)c2)cc1. The Kier molecular flexibility index (Phi) is 6.91. The molecule has 4 nitrogen and oxygen atoms in total. The van der Waals surface area contributed by atoms with E-state index in [-0.39, 0.29) is 12.5 Å². The van der Waals surface area contributed by atoms with Crippen molar-refractivity contribution in [3.05, 3.63) is 59.1 Å². The number of carbonyl (C=O) groups is 1. The zero-order valence-electron chi connectivity index (χ0n) is 13.1. The Labute approximate surface area is 141 Å². The van der Waals surface area contributed by atoms with Crippen molar-refractivity contribution in [3.8, 4) is 5.75 Å². The van der Waals surface area contributed by atoms with Crippen LogP contribution in [0.3, 0.4) is 0 Å². The molecule has 0 saturated carbocycles. The minimum atomic E-state index is -0.0692. The number of anilines is 1. The fourth-order valence-electron chi connectivity index (χ4n) is 2.13. The molecule has 0 spiro atoms. The molecule has 0 unspecified atom stereocenters. The summed E-state index contributed by atoms with van der Waals surface area (Å²) in [5.74, 6) is 0.727. The number of carbonyl (C=O) groups excluding carboxylic acids is 1. The highest BCUT2D eigenvalue weighted by molar-refractivity contribution is 6.30. The third-order valence-corrected chi connectivity index (χ3v) is 3.45. The van der Waals surface area contributed by atoms with Gasteiger partial charge in [-0.15, -0.1) is 0 Å². The summed E-state index contributed by atoms with van der Waals surface area (Å²) >= 11 is 5.94. The maximum atomic E-state index is 11.9. The van der Waals surface area contributed by atoms with E-state index >= 15 is 0 Å². The summed E-state index contributed by atoms with van der Waals surface area (Å²) in [7, 11) is 0. The maximum absolute atomic E-state index is 11.9. The molecular weight excluding hydrogens is 312 g/mol. The Hall–Kier alpha value is -2.04. The van der Waals surface area contributed by atoms with E-state index in [2.05, 4.69) is 10.6 Å². The number of nitrogens with one attached hydrogen (secondary N) is 2. The van der Waals surface area contributed by atoms with Gasteiger partial charge in [0.15, 0.2) is 0 Å². The fourth-order valence-corrected chi connectivity index (χ4v) is 2.35. The van der Waals surface area contributed by atoms with Crippen molar-refractivity contribution in [1.29, 1.82) is 0 Å². The molecule has 0 aromatic heterocycles. The highest BCUT2D eigenvalue weighted by Gasteiger charge is 2.02. The highest BCUT2D eigenvalue weighted by Crippen LogP contribution is 2.15. The Morgan fingerprint density at radius 1 is 1.17 bits per heavy atom. The largest absolute Gasteiger partial charge is 0.494 e. The van der Waals surface area contributed by atoms with Crippen LogP contribution in [-0.2, 0) is 11.2 Å². The van der Waals surface area contributed by atoms with Crippen LogP contribution < -0.4 is 15.4 Å². The first kappa shape index (κ1) is 17.3. The molecule has 0 fully saturated rings. The number of benzene rings is 2. The normalized spacial score (nSPS) is 10.3. The number of hydrogen-bond donors (Lipinski definition) is 2. The van der Waals surface area contributed by atoms with Gasteiger partial charge in [0.2, 0.25) is 5.91 Å². The van der Waals surface area contributed by atoms with Crippen LogP contribution in [0.15, 0.2) is 48.5 Å². The smallest absolute Gasteiger partial charge is 0.238 e. The van der Waals surface area contributed by atoms with Gasteiger partial charge in [0.05, 0.1) is 13.2 Å². The summed E-state index contributed by atoms with van der Waals surface area (Å²) in [6, 6.07) is 15.1. The first-order chi connectivity index (χ1) is 11.2. The van der Waals surface area contributed by atoms with Gasteiger partial charge >= 0.3 is 0 Å². The Bertz CT molecular complexity index is 629. The molecule has 0 saturated heterocycles. The minimum absolute atomic E-state index is 0.0692. The van der Waals surface area contributed by atoms with E-state index in [0.717, 1.165) is 35.0 Å². The zero-order valence-corrected chi connectivity index (χ0v) is 13.9. The second kappa shape index (κ2) is 9.18. The first-order valence-corrected chi connectivity index (χ1v) is 8.03. The summed E-state index contributed by atoms with van der Waals surface area (Å²) in [5.41, 5.74) is 1.91. The van der Waals surface area contributed by atoms with Crippen molar-refractivity contribution in [1.82, 2.24) is 5.32 Å². The molecule has 0 aliphatic heterocycles. The van der Waals surface area contributed by atoms with Crippen LogP contribution >= 0.6 is 11.6 Å². The molecule has 122 valence electrons.